The van der Waals surface area contributed by atoms with Crippen molar-refractivity contribution in [2.24, 2.45) is 5.92 Å². The van der Waals surface area contributed by atoms with Gasteiger partial charge in [0.2, 0.25) is 0 Å². The normalized spacial score (nSPS) is 15.1. The predicted molar refractivity (Wildman–Crippen MR) is 89.2 cm³/mol. The van der Waals surface area contributed by atoms with Gasteiger partial charge in [-0.3, -0.25) is 0 Å². The Morgan fingerprint density at radius 3 is 2.32 bits per heavy atom. The van der Waals surface area contributed by atoms with Gasteiger partial charge in [-0.2, -0.15) is 0 Å². The zero-order chi connectivity index (χ0) is 14.5. The summed E-state index contributed by atoms with van der Waals surface area (Å²) in [6.07, 6.45) is 19.8. The van der Waals surface area contributed by atoms with Gasteiger partial charge >= 0.3 is 0 Å². The molecule has 0 heterocycles. The van der Waals surface area contributed by atoms with Gasteiger partial charge < -0.3 is 0 Å². The summed E-state index contributed by atoms with van der Waals surface area (Å²) in [4.78, 5) is 0. The second kappa shape index (κ2) is 11.5. The van der Waals surface area contributed by atoms with Gasteiger partial charge in [-0.05, 0) is 37.7 Å². The first-order valence-corrected chi connectivity index (χ1v) is 7.13. The molecule has 0 N–H and O–H groups in total. The number of allylic oxidation sites excluding steroid dienone is 10. The van der Waals surface area contributed by atoms with Crippen molar-refractivity contribution < 1.29 is 0 Å². The van der Waals surface area contributed by atoms with Crippen molar-refractivity contribution in [1.82, 2.24) is 0 Å². The third kappa shape index (κ3) is 8.20. The Kier molecular flexibility index (Phi) is 10.6. The van der Waals surface area contributed by atoms with Crippen LogP contribution < -0.4 is 0 Å². The molecule has 104 valence electrons. The van der Waals surface area contributed by atoms with Crippen molar-refractivity contribution >= 4 is 0 Å². The van der Waals surface area contributed by atoms with Crippen LogP contribution in [-0.4, -0.2) is 0 Å². The van der Waals surface area contributed by atoms with Crippen LogP contribution in [0.25, 0.3) is 0 Å². The van der Waals surface area contributed by atoms with Crippen molar-refractivity contribution in [2.45, 2.75) is 40.0 Å². The monoisotopic (exact) mass is 256 g/mol. The summed E-state index contributed by atoms with van der Waals surface area (Å²) in [5, 5.41) is 0. The molecule has 0 nitrogen and oxygen atoms in total. The van der Waals surface area contributed by atoms with Crippen LogP contribution in [0.3, 0.4) is 0 Å². The van der Waals surface area contributed by atoms with Crippen LogP contribution in [-0.2, 0) is 0 Å². The Hall–Kier alpha value is -1.56. The smallest absolute Gasteiger partial charge is 0.0127 e. The van der Waals surface area contributed by atoms with Gasteiger partial charge in [0, 0.05) is 0 Å². The fourth-order valence-corrected chi connectivity index (χ4v) is 1.97. The van der Waals surface area contributed by atoms with Crippen LogP contribution in [0.4, 0.5) is 0 Å². The van der Waals surface area contributed by atoms with Crippen molar-refractivity contribution in [1.29, 1.82) is 0 Å². The van der Waals surface area contributed by atoms with E-state index < -0.39 is 0 Å². The Bertz CT molecular complexity index is 375. The summed E-state index contributed by atoms with van der Waals surface area (Å²) in [6, 6.07) is 0. The minimum atomic E-state index is 0.564. The lowest BCUT2D eigenvalue weighted by atomic mass is 9.89. The topological polar surface area (TPSA) is 0 Å². The van der Waals surface area contributed by atoms with E-state index in [9.17, 15) is 0 Å². The summed E-state index contributed by atoms with van der Waals surface area (Å²) >= 11 is 0. The van der Waals surface area contributed by atoms with Gasteiger partial charge in [0.15, 0.2) is 0 Å². The van der Waals surface area contributed by atoms with Crippen LogP contribution in [0.15, 0.2) is 72.9 Å². The van der Waals surface area contributed by atoms with E-state index >= 15 is 0 Å². The molecule has 0 aliphatic carbocycles. The average molecular weight is 256 g/mol. The van der Waals surface area contributed by atoms with Crippen LogP contribution in [0.2, 0.25) is 0 Å². The highest BCUT2D eigenvalue weighted by Gasteiger charge is 2.09. The maximum absolute atomic E-state index is 3.82. The highest BCUT2D eigenvalue weighted by atomic mass is 14.1. The molecule has 0 fully saturated rings. The van der Waals surface area contributed by atoms with Gasteiger partial charge in [0.1, 0.15) is 0 Å². The van der Waals surface area contributed by atoms with Crippen molar-refractivity contribution in [3.8, 4) is 0 Å². The molecule has 0 rings (SSSR count). The van der Waals surface area contributed by atoms with E-state index in [0.29, 0.717) is 5.92 Å². The molecule has 0 saturated heterocycles. The summed E-state index contributed by atoms with van der Waals surface area (Å²) < 4.78 is 0. The van der Waals surface area contributed by atoms with Crippen molar-refractivity contribution in [2.75, 3.05) is 0 Å². The molecule has 0 aromatic carbocycles. The Balaban J connectivity index is 4.87. The molecule has 1 unspecified atom stereocenters. The van der Waals surface area contributed by atoms with E-state index in [1.807, 2.05) is 18.2 Å². The molecule has 0 aliphatic heterocycles. The predicted octanol–water partition coefficient (Wildman–Crippen LogP) is 6.17. The third-order valence-electron chi connectivity index (χ3n) is 3.02. The van der Waals surface area contributed by atoms with E-state index in [0.717, 1.165) is 19.3 Å². The second-order valence-electron chi connectivity index (χ2n) is 4.66. The van der Waals surface area contributed by atoms with Gasteiger partial charge in [0.25, 0.3) is 0 Å². The largest absolute Gasteiger partial charge is 0.0991 e. The summed E-state index contributed by atoms with van der Waals surface area (Å²) in [5.41, 5.74) is 2.77. The third-order valence-corrected chi connectivity index (χ3v) is 3.02. The number of hydrogen-bond donors (Lipinski definition) is 0. The van der Waals surface area contributed by atoms with Crippen LogP contribution >= 0.6 is 0 Å². The van der Waals surface area contributed by atoms with Crippen molar-refractivity contribution in [3.63, 3.8) is 0 Å². The highest BCUT2D eigenvalue weighted by molar-refractivity contribution is 5.27. The molecular weight excluding hydrogens is 228 g/mol. The van der Waals surface area contributed by atoms with E-state index in [1.165, 1.54) is 11.1 Å². The minimum absolute atomic E-state index is 0.564. The molecule has 19 heavy (non-hydrogen) atoms. The van der Waals surface area contributed by atoms with Gasteiger partial charge in [-0.15, -0.1) is 0 Å². The number of hydrogen-bond acceptors (Lipinski definition) is 0. The Labute approximate surface area is 119 Å². The maximum Gasteiger partial charge on any atom is -0.0127 e. The molecule has 0 aromatic rings. The average Bonchev–Trinajstić information content (AvgIpc) is 2.41. The Morgan fingerprint density at radius 1 is 1.05 bits per heavy atom. The molecule has 0 aliphatic rings. The summed E-state index contributed by atoms with van der Waals surface area (Å²) in [6.45, 7) is 14.1. The lowest BCUT2D eigenvalue weighted by Gasteiger charge is -2.16. The van der Waals surface area contributed by atoms with Gasteiger partial charge in [0.05, 0.1) is 0 Å². The summed E-state index contributed by atoms with van der Waals surface area (Å²) in [5.74, 6) is 0.564. The van der Waals surface area contributed by atoms with E-state index in [4.69, 9.17) is 0 Å². The van der Waals surface area contributed by atoms with E-state index in [1.54, 1.807) is 6.08 Å². The standard InChI is InChI=1S/C19H28/c1-6-10-12-14-17(5)16-18(9-4)19(13-8-3)15-11-7-2/h6,8,10-15,18H,1,3,7,9,16H2,2,4-5H3/b12-10-,15-11-,17-14+,19-13+. The van der Waals surface area contributed by atoms with E-state index in [-0.39, 0.29) is 0 Å². The quantitative estimate of drug-likeness (QED) is 0.433. The maximum atomic E-state index is 3.82. The van der Waals surface area contributed by atoms with Gasteiger partial charge in [-0.25, -0.2) is 0 Å². The van der Waals surface area contributed by atoms with Gasteiger partial charge in [-0.1, -0.05) is 81.2 Å². The fraction of sp³-hybridized carbons (Fsp3) is 0.368. The first kappa shape index (κ1) is 17.4. The first-order chi connectivity index (χ1) is 9.19. The lowest BCUT2D eigenvalue weighted by molar-refractivity contribution is 0.597. The molecular formula is C19H28. The molecule has 0 spiro atoms. The molecule has 0 heteroatoms. The number of rotatable bonds is 9. The zero-order valence-corrected chi connectivity index (χ0v) is 12.7. The molecule has 0 amide bonds. The Morgan fingerprint density at radius 2 is 1.79 bits per heavy atom. The van der Waals surface area contributed by atoms with E-state index in [2.05, 4.69) is 58.2 Å². The molecule has 0 bridgehead atoms. The van der Waals surface area contributed by atoms with Crippen LogP contribution in [0.1, 0.15) is 40.0 Å². The molecule has 0 radical (unpaired) electrons. The fourth-order valence-electron chi connectivity index (χ4n) is 1.97. The molecule has 0 saturated carbocycles. The first-order valence-electron chi connectivity index (χ1n) is 7.13. The summed E-state index contributed by atoms with van der Waals surface area (Å²) in [7, 11) is 0. The van der Waals surface area contributed by atoms with Crippen molar-refractivity contribution in [3.05, 3.63) is 72.9 Å². The second-order valence-corrected chi connectivity index (χ2v) is 4.66. The van der Waals surface area contributed by atoms with Crippen LogP contribution in [0, 0.1) is 5.92 Å². The lowest BCUT2D eigenvalue weighted by Crippen LogP contribution is -2.02. The van der Waals surface area contributed by atoms with Crippen LogP contribution in [0.5, 0.6) is 0 Å². The molecule has 0 aromatic heterocycles. The molecule has 1 atom stereocenters. The highest BCUT2D eigenvalue weighted by Crippen LogP contribution is 2.24. The SMILES string of the molecule is C=C/C=C\C=C(/C)CC(CC)C(/C=C\CC)=C/C=C. The zero-order valence-electron chi connectivity index (χ0n) is 12.7. The minimum Gasteiger partial charge on any atom is -0.0991 e.